The summed E-state index contributed by atoms with van der Waals surface area (Å²) in [5, 5.41) is 6.54. The molecular weight excluding hydrogens is 368 g/mol. The number of nitrogens with one attached hydrogen (secondary N) is 2. The third kappa shape index (κ3) is 4.08. The minimum Gasteiger partial charge on any atom is -0.457 e. The van der Waals surface area contributed by atoms with Crippen molar-refractivity contribution in [2.45, 2.75) is 57.1 Å². The Labute approximate surface area is 164 Å². The highest BCUT2D eigenvalue weighted by Crippen LogP contribution is 2.55. The second kappa shape index (κ2) is 7.34. The zero-order valence-corrected chi connectivity index (χ0v) is 16.4. The first-order valence-electron chi connectivity index (χ1n) is 9.80. The fourth-order valence-electron chi connectivity index (χ4n) is 5.60. The summed E-state index contributed by atoms with van der Waals surface area (Å²) in [6.07, 6.45) is 9.01. The number of esters is 1. The maximum Gasteiger partial charge on any atom is 0.315 e. The summed E-state index contributed by atoms with van der Waals surface area (Å²) in [5.41, 5.74) is -0.0171. The molecule has 1 aromatic heterocycles. The molecule has 4 aliphatic carbocycles. The van der Waals surface area contributed by atoms with Gasteiger partial charge in [-0.25, -0.2) is 9.78 Å². The molecule has 0 unspecified atom stereocenters. The van der Waals surface area contributed by atoms with Crippen LogP contribution in [0.1, 0.15) is 50.8 Å². The fraction of sp³-hybridized carbons (Fsp3) is 0.737. The molecule has 7 nitrogen and oxygen atoms in total. The largest absolute Gasteiger partial charge is 0.457 e. The van der Waals surface area contributed by atoms with E-state index in [1.165, 1.54) is 25.5 Å². The first kappa shape index (κ1) is 18.6. The molecule has 4 fully saturated rings. The number of carbonyl (C=O) groups is 2. The Morgan fingerprint density at radius 1 is 1.26 bits per heavy atom. The summed E-state index contributed by atoms with van der Waals surface area (Å²) in [6.45, 7) is 0.333. The van der Waals surface area contributed by atoms with E-state index < -0.39 is 0 Å². The van der Waals surface area contributed by atoms with E-state index in [1.807, 2.05) is 0 Å². The number of carbonyl (C=O) groups excluding carboxylic acids is 2. The van der Waals surface area contributed by atoms with Crippen molar-refractivity contribution in [1.82, 2.24) is 20.2 Å². The molecule has 2 N–H and O–H groups in total. The van der Waals surface area contributed by atoms with Gasteiger partial charge in [-0.3, -0.25) is 4.79 Å². The minimum absolute atomic E-state index is 0.0171. The van der Waals surface area contributed by atoms with E-state index in [9.17, 15) is 9.59 Å². The van der Waals surface area contributed by atoms with Gasteiger partial charge in [-0.2, -0.15) is 0 Å². The molecule has 0 atom stereocenters. The smallest absolute Gasteiger partial charge is 0.315 e. The van der Waals surface area contributed by atoms with Gasteiger partial charge in [0, 0.05) is 19.1 Å². The molecule has 0 radical (unpaired) electrons. The van der Waals surface area contributed by atoms with E-state index in [-0.39, 0.29) is 37.1 Å². The van der Waals surface area contributed by atoms with Crippen LogP contribution in [0.2, 0.25) is 5.15 Å². The van der Waals surface area contributed by atoms with Crippen LogP contribution in [0.15, 0.2) is 6.20 Å². The highest BCUT2D eigenvalue weighted by molar-refractivity contribution is 6.29. The van der Waals surface area contributed by atoms with E-state index in [1.54, 1.807) is 11.6 Å². The highest BCUT2D eigenvalue weighted by atomic mass is 35.5. The van der Waals surface area contributed by atoms with Crippen molar-refractivity contribution >= 4 is 23.6 Å². The molecule has 1 heterocycles. The highest BCUT2D eigenvalue weighted by Gasteiger charge is 2.51. The predicted molar refractivity (Wildman–Crippen MR) is 100 cm³/mol. The van der Waals surface area contributed by atoms with Crippen molar-refractivity contribution in [2.24, 2.45) is 24.8 Å². The van der Waals surface area contributed by atoms with Crippen LogP contribution < -0.4 is 10.6 Å². The molecule has 4 aliphatic rings. The van der Waals surface area contributed by atoms with E-state index in [4.69, 9.17) is 16.3 Å². The number of urea groups is 1. The third-order valence-electron chi connectivity index (χ3n) is 6.42. The number of halogens is 1. The van der Waals surface area contributed by atoms with Crippen molar-refractivity contribution in [1.29, 1.82) is 0 Å². The molecule has 2 amide bonds. The van der Waals surface area contributed by atoms with Crippen LogP contribution in [0.3, 0.4) is 0 Å². The van der Waals surface area contributed by atoms with Crippen LogP contribution in [-0.2, 0) is 23.2 Å². The number of ether oxygens (including phenoxy) is 1. The van der Waals surface area contributed by atoms with Gasteiger partial charge in [0.1, 0.15) is 17.6 Å². The third-order valence-corrected chi connectivity index (χ3v) is 6.77. The topological polar surface area (TPSA) is 85.2 Å². The Morgan fingerprint density at radius 2 is 1.89 bits per heavy atom. The maximum absolute atomic E-state index is 12.3. The Morgan fingerprint density at radius 3 is 2.44 bits per heavy atom. The van der Waals surface area contributed by atoms with E-state index >= 15 is 0 Å². The lowest BCUT2D eigenvalue weighted by molar-refractivity contribution is -0.145. The number of hydrogen-bond donors (Lipinski definition) is 2. The molecular formula is C19H27ClN4O3. The van der Waals surface area contributed by atoms with Crippen molar-refractivity contribution in [3.05, 3.63) is 17.2 Å². The molecule has 27 heavy (non-hydrogen) atoms. The lowest BCUT2D eigenvalue weighted by atomic mass is 9.53. The number of amides is 2. The molecule has 4 saturated carbocycles. The summed E-state index contributed by atoms with van der Waals surface area (Å²) in [5.74, 6) is 2.56. The molecule has 4 bridgehead atoms. The van der Waals surface area contributed by atoms with Crippen LogP contribution in [0.5, 0.6) is 0 Å². The van der Waals surface area contributed by atoms with Crippen LogP contribution in [0.25, 0.3) is 0 Å². The Hall–Kier alpha value is -1.76. The summed E-state index contributed by atoms with van der Waals surface area (Å²) in [4.78, 5) is 28.3. The first-order chi connectivity index (χ1) is 12.9. The summed E-state index contributed by atoms with van der Waals surface area (Å²) in [6, 6.07) is -0.166. The van der Waals surface area contributed by atoms with E-state index in [2.05, 4.69) is 15.6 Å². The van der Waals surface area contributed by atoms with E-state index in [0.29, 0.717) is 11.0 Å². The Bertz CT molecular complexity index is 697. The standard InChI is InChI=1S/C19H27ClN4O3/c1-24-15(20)10-22-16(24)11-27-17(25)2-3-21-18(26)23-19-7-12-4-13(8-19)6-14(5-12)9-19/h10,12-14H,2-9,11H2,1H3,(H2,21,23,26). The number of hydrogen-bond acceptors (Lipinski definition) is 4. The molecule has 0 spiro atoms. The molecule has 0 aliphatic heterocycles. The van der Waals surface area contributed by atoms with Gasteiger partial charge in [0.05, 0.1) is 12.6 Å². The van der Waals surface area contributed by atoms with E-state index in [0.717, 1.165) is 37.0 Å². The maximum atomic E-state index is 12.3. The average Bonchev–Trinajstić information content (AvgIpc) is 2.90. The van der Waals surface area contributed by atoms with Gasteiger partial charge < -0.3 is 19.9 Å². The average molecular weight is 395 g/mol. The van der Waals surface area contributed by atoms with Gasteiger partial charge >= 0.3 is 12.0 Å². The summed E-state index contributed by atoms with van der Waals surface area (Å²) >= 11 is 5.90. The molecule has 5 rings (SSSR count). The van der Waals surface area contributed by atoms with Crippen LogP contribution in [0, 0.1) is 17.8 Å². The van der Waals surface area contributed by atoms with Crippen molar-refractivity contribution in [3.8, 4) is 0 Å². The first-order valence-corrected chi connectivity index (χ1v) is 10.2. The van der Waals surface area contributed by atoms with Crippen LogP contribution >= 0.6 is 11.6 Å². The van der Waals surface area contributed by atoms with Crippen LogP contribution in [0.4, 0.5) is 4.79 Å². The number of nitrogens with zero attached hydrogens (tertiary/aromatic N) is 2. The minimum atomic E-state index is -0.371. The lowest BCUT2D eigenvalue weighted by Gasteiger charge is -2.56. The van der Waals surface area contributed by atoms with Gasteiger partial charge in [-0.1, -0.05) is 11.6 Å². The number of imidazole rings is 1. The predicted octanol–water partition coefficient (Wildman–Crippen LogP) is 2.77. The van der Waals surface area contributed by atoms with Gasteiger partial charge in [-0.15, -0.1) is 0 Å². The Balaban J connectivity index is 1.18. The second-order valence-corrected chi connectivity index (χ2v) is 8.93. The van der Waals surface area contributed by atoms with Gasteiger partial charge in [0.2, 0.25) is 0 Å². The second-order valence-electron chi connectivity index (χ2n) is 8.55. The summed E-state index contributed by atoms with van der Waals surface area (Å²) < 4.78 is 6.84. The molecule has 1 aromatic rings. The monoisotopic (exact) mass is 394 g/mol. The molecule has 8 heteroatoms. The zero-order chi connectivity index (χ0) is 19.0. The van der Waals surface area contributed by atoms with Crippen molar-refractivity contribution in [2.75, 3.05) is 6.54 Å². The quantitative estimate of drug-likeness (QED) is 0.726. The molecule has 0 aromatic carbocycles. The molecule has 148 valence electrons. The number of aromatic nitrogens is 2. The van der Waals surface area contributed by atoms with Crippen LogP contribution in [-0.4, -0.2) is 33.6 Å². The van der Waals surface area contributed by atoms with Gasteiger partial charge in [0.15, 0.2) is 0 Å². The summed E-state index contributed by atoms with van der Waals surface area (Å²) in [7, 11) is 1.76. The Kier molecular flexibility index (Phi) is 5.05. The fourth-order valence-corrected chi connectivity index (χ4v) is 5.75. The van der Waals surface area contributed by atoms with Crippen molar-refractivity contribution in [3.63, 3.8) is 0 Å². The number of rotatable bonds is 6. The van der Waals surface area contributed by atoms with Gasteiger partial charge in [0.25, 0.3) is 0 Å². The molecule has 0 saturated heterocycles. The normalized spacial score (nSPS) is 31.0. The SMILES string of the molecule is Cn1c(Cl)cnc1COC(=O)CCNC(=O)NC12CC3CC(CC(C3)C1)C2. The van der Waals surface area contributed by atoms with Gasteiger partial charge in [-0.05, 0) is 56.3 Å². The van der Waals surface area contributed by atoms with Crippen molar-refractivity contribution < 1.29 is 14.3 Å². The lowest BCUT2D eigenvalue weighted by Crippen LogP contribution is -2.61. The zero-order valence-electron chi connectivity index (χ0n) is 15.7.